The average Bonchev–Trinajstić information content (AvgIpc) is 2.55. The van der Waals surface area contributed by atoms with E-state index >= 15 is 0 Å². The van der Waals surface area contributed by atoms with Gasteiger partial charge < -0.3 is 15.5 Å². The molecule has 0 saturated carbocycles. The summed E-state index contributed by atoms with van der Waals surface area (Å²) in [7, 11) is 0. The molecule has 0 unspecified atom stereocenters. The fourth-order valence-corrected chi connectivity index (χ4v) is 0.950. The Bertz CT molecular complexity index is 293. The predicted octanol–water partition coefficient (Wildman–Crippen LogP) is 0.0706. The summed E-state index contributed by atoms with van der Waals surface area (Å²) >= 11 is 0. The number of nitrogens with one attached hydrogen (secondary N) is 1. The Balaban J connectivity index is 2.44. The number of nitrogens with zero attached hydrogens (tertiary/aromatic N) is 1. The van der Waals surface area contributed by atoms with Gasteiger partial charge in [0.1, 0.15) is 12.7 Å². The minimum atomic E-state index is -0.385. The largest absolute Gasteiger partial charge is 0.448 e. The molecule has 0 bridgehead atoms. The highest BCUT2D eigenvalue weighted by molar-refractivity contribution is 5.78. The molecule has 1 aromatic rings. The van der Waals surface area contributed by atoms with E-state index < -0.39 is 0 Å². The lowest BCUT2D eigenvalue weighted by atomic mass is 10.1. The predicted molar refractivity (Wildman–Crippen MR) is 51.5 cm³/mol. The Kier molecular flexibility index (Phi) is 3.24. The summed E-state index contributed by atoms with van der Waals surface area (Å²) in [6.07, 6.45) is 3.10. The second-order valence-electron chi connectivity index (χ2n) is 3.74. The summed E-state index contributed by atoms with van der Waals surface area (Å²) in [5, 5.41) is 2.78. The number of hydrogen-bond donors (Lipinski definition) is 2. The van der Waals surface area contributed by atoms with Crippen molar-refractivity contribution in [3.8, 4) is 0 Å². The highest BCUT2D eigenvalue weighted by Crippen LogP contribution is 2.01. The van der Waals surface area contributed by atoms with Crippen molar-refractivity contribution in [2.75, 3.05) is 6.54 Å². The molecule has 0 aliphatic heterocycles. The van der Waals surface area contributed by atoms with Gasteiger partial charge in [0.15, 0.2) is 0 Å². The Morgan fingerprint density at radius 1 is 1.71 bits per heavy atom. The van der Waals surface area contributed by atoms with Gasteiger partial charge in [0.05, 0.1) is 6.20 Å². The van der Waals surface area contributed by atoms with Gasteiger partial charge in [0, 0.05) is 12.1 Å². The molecule has 5 heteroatoms. The van der Waals surface area contributed by atoms with Crippen LogP contribution >= 0.6 is 0 Å². The molecule has 1 heterocycles. The van der Waals surface area contributed by atoms with Crippen molar-refractivity contribution in [3.63, 3.8) is 0 Å². The van der Waals surface area contributed by atoms with E-state index in [1.807, 2.05) is 13.8 Å². The van der Waals surface area contributed by atoms with E-state index in [2.05, 4.69) is 10.3 Å². The monoisotopic (exact) mass is 197 g/mol. The second-order valence-corrected chi connectivity index (χ2v) is 3.74. The van der Waals surface area contributed by atoms with Crippen LogP contribution in [0.3, 0.4) is 0 Å². The lowest BCUT2D eigenvalue weighted by Crippen LogP contribution is -2.49. The lowest BCUT2D eigenvalue weighted by molar-refractivity contribution is -0.122. The fraction of sp³-hybridized carbons (Fsp3) is 0.556. The molecule has 0 aromatic carbocycles. The molecular formula is C9H15N3O2. The van der Waals surface area contributed by atoms with Gasteiger partial charge in [-0.1, -0.05) is 0 Å². The molecule has 1 rings (SSSR count). The van der Waals surface area contributed by atoms with Crippen molar-refractivity contribution < 1.29 is 9.21 Å². The molecule has 0 fully saturated rings. The number of amides is 1. The molecule has 1 aromatic heterocycles. The molecule has 0 spiro atoms. The van der Waals surface area contributed by atoms with E-state index in [0.29, 0.717) is 12.4 Å². The molecule has 78 valence electrons. The summed E-state index contributed by atoms with van der Waals surface area (Å²) in [5.74, 6) is 0.276. The van der Waals surface area contributed by atoms with Crippen LogP contribution in [0.2, 0.25) is 0 Å². The first-order valence-corrected chi connectivity index (χ1v) is 4.43. The zero-order valence-corrected chi connectivity index (χ0v) is 8.41. The van der Waals surface area contributed by atoms with E-state index in [9.17, 15) is 4.79 Å². The van der Waals surface area contributed by atoms with Crippen molar-refractivity contribution in [1.82, 2.24) is 10.3 Å². The Morgan fingerprint density at radius 2 is 2.43 bits per heavy atom. The first-order valence-electron chi connectivity index (χ1n) is 4.43. The standard InChI is InChI=1S/C9H15N3O2/c1-9(2,6-10)12-7(13)5-8-11-3-4-14-8/h3-4H,5-6,10H2,1-2H3,(H,12,13). The highest BCUT2D eigenvalue weighted by Gasteiger charge is 2.19. The van der Waals surface area contributed by atoms with Crippen molar-refractivity contribution >= 4 is 5.91 Å². The van der Waals surface area contributed by atoms with Crippen LogP contribution < -0.4 is 11.1 Å². The van der Waals surface area contributed by atoms with Gasteiger partial charge in [0.2, 0.25) is 11.8 Å². The van der Waals surface area contributed by atoms with Gasteiger partial charge in [-0.3, -0.25) is 4.79 Å². The van der Waals surface area contributed by atoms with Crippen LogP contribution in [0.5, 0.6) is 0 Å². The third kappa shape index (κ3) is 3.18. The zero-order valence-electron chi connectivity index (χ0n) is 8.41. The number of oxazole rings is 1. The third-order valence-electron chi connectivity index (χ3n) is 1.78. The molecule has 0 aliphatic carbocycles. The summed E-state index contributed by atoms with van der Waals surface area (Å²) in [6.45, 7) is 4.12. The van der Waals surface area contributed by atoms with Crippen molar-refractivity contribution in [2.24, 2.45) is 5.73 Å². The van der Waals surface area contributed by atoms with Crippen LogP contribution in [-0.4, -0.2) is 23.0 Å². The number of rotatable bonds is 4. The molecule has 0 atom stereocenters. The summed E-state index contributed by atoms with van der Waals surface area (Å²) in [4.78, 5) is 15.3. The molecule has 0 radical (unpaired) electrons. The van der Waals surface area contributed by atoms with Gasteiger partial charge in [0.25, 0.3) is 0 Å². The number of hydrogen-bond acceptors (Lipinski definition) is 4. The quantitative estimate of drug-likeness (QED) is 0.715. The molecule has 5 nitrogen and oxygen atoms in total. The SMILES string of the molecule is CC(C)(CN)NC(=O)Cc1ncco1. The van der Waals surface area contributed by atoms with E-state index in [0.717, 1.165) is 0 Å². The zero-order chi connectivity index (χ0) is 10.6. The smallest absolute Gasteiger partial charge is 0.229 e. The molecule has 0 saturated heterocycles. The Hall–Kier alpha value is -1.36. The first kappa shape index (κ1) is 10.7. The number of carbonyl (C=O) groups is 1. The number of nitrogens with two attached hydrogens (primary N) is 1. The van der Waals surface area contributed by atoms with Crippen LogP contribution in [0.15, 0.2) is 16.9 Å². The Morgan fingerprint density at radius 3 is 2.93 bits per heavy atom. The van der Waals surface area contributed by atoms with Crippen LogP contribution in [-0.2, 0) is 11.2 Å². The average molecular weight is 197 g/mol. The van der Waals surface area contributed by atoms with Crippen molar-refractivity contribution in [2.45, 2.75) is 25.8 Å². The molecule has 0 aliphatic rings. The highest BCUT2D eigenvalue weighted by atomic mass is 16.3. The normalized spacial score (nSPS) is 11.4. The van der Waals surface area contributed by atoms with E-state index in [-0.39, 0.29) is 17.9 Å². The van der Waals surface area contributed by atoms with Gasteiger partial charge in [-0.05, 0) is 13.8 Å². The molecule has 3 N–H and O–H groups in total. The van der Waals surface area contributed by atoms with Crippen molar-refractivity contribution in [1.29, 1.82) is 0 Å². The van der Waals surface area contributed by atoms with E-state index in [4.69, 9.17) is 10.2 Å². The molecule has 14 heavy (non-hydrogen) atoms. The summed E-state index contributed by atoms with van der Waals surface area (Å²) in [5.41, 5.74) is 5.09. The third-order valence-corrected chi connectivity index (χ3v) is 1.78. The minimum Gasteiger partial charge on any atom is -0.448 e. The van der Waals surface area contributed by atoms with Crippen LogP contribution in [0.4, 0.5) is 0 Å². The minimum absolute atomic E-state index is 0.136. The molecular weight excluding hydrogens is 182 g/mol. The Labute approximate surface area is 82.7 Å². The summed E-state index contributed by atoms with van der Waals surface area (Å²) < 4.78 is 4.95. The lowest BCUT2D eigenvalue weighted by Gasteiger charge is -2.23. The van der Waals surface area contributed by atoms with Crippen molar-refractivity contribution in [3.05, 3.63) is 18.4 Å². The fourth-order valence-electron chi connectivity index (χ4n) is 0.950. The van der Waals surface area contributed by atoms with Crippen LogP contribution in [0.1, 0.15) is 19.7 Å². The van der Waals surface area contributed by atoms with Gasteiger partial charge in [-0.25, -0.2) is 4.98 Å². The number of carbonyl (C=O) groups excluding carboxylic acids is 1. The van der Waals surface area contributed by atoms with Gasteiger partial charge in [-0.2, -0.15) is 0 Å². The maximum Gasteiger partial charge on any atom is 0.229 e. The topological polar surface area (TPSA) is 81.1 Å². The van der Waals surface area contributed by atoms with Gasteiger partial charge >= 0.3 is 0 Å². The van der Waals surface area contributed by atoms with E-state index in [1.54, 1.807) is 0 Å². The second kappa shape index (κ2) is 4.23. The van der Waals surface area contributed by atoms with Gasteiger partial charge in [-0.15, -0.1) is 0 Å². The van der Waals surface area contributed by atoms with Crippen LogP contribution in [0.25, 0.3) is 0 Å². The maximum absolute atomic E-state index is 11.4. The van der Waals surface area contributed by atoms with Crippen LogP contribution in [0, 0.1) is 0 Å². The summed E-state index contributed by atoms with van der Waals surface area (Å²) in [6, 6.07) is 0. The molecule has 1 amide bonds. The maximum atomic E-state index is 11.4. The number of aromatic nitrogens is 1. The first-order chi connectivity index (χ1) is 6.53. The van der Waals surface area contributed by atoms with E-state index in [1.165, 1.54) is 12.5 Å².